The molecule has 108 heavy (non-hydrogen) atoms. The maximum absolute atomic E-state index is 4.12. The molecular weight excluding hydrogens is 1310 g/mol. The maximum atomic E-state index is 4.12. The molecule has 0 N–H and O–H groups in total. The van der Waals surface area contributed by atoms with Crippen molar-refractivity contribution in [2.75, 3.05) is 75.1 Å². The molecule has 3 atom stereocenters. The lowest BCUT2D eigenvalue weighted by Crippen LogP contribution is -2.44. The highest BCUT2D eigenvalue weighted by molar-refractivity contribution is 6.12. The Morgan fingerprint density at radius 3 is 1.13 bits per heavy atom. The highest BCUT2D eigenvalue weighted by Gasteiger charge is 2.51. The summed E-state index contributed by atoms with van der Waals surface area (Å²) >= 11 is 0. The lowest BCUT2D eigenvalue weighted by Gasteiger charge is -2.48. The number of fused-ring (bicyclic) bond motifs is 9. The van der Waals surface area contributed by atoms with Crippen molar-refractivity contribution >= 4 is 102 Å². The zero-order valence-corrected chi connectivity index (χ0v) is 66.3. The third kappa shape index (κ3) is 12.2. The third-order valence-corrected chi connectivity index (χ3v) is 26.9. The van der Waals surface area contributed by atoms with E-state index in [1.165, 1.54) is 226 Å². The van der Waals surface area contributed by atoms with Crippen LogP contribution in [0.4, 0.5) is 34.1 Å². The molecule has 0 amide bonds. The van der Waals surface area contributed by atoms with Crippen LogP contribution in [0.25, 0.3) is 50.5 Å². The van der Waals surface area contributed by atoms with Crippen molar-refractivity contribution in [3.63, 3.8) is 0 Å². The van der Waals surface area contributed by atoms with Crippen molar-refractivity contribution in [3.8, 4) is 0 Å². The van der Waals surface area contributed by atoms with E-state index in [4.69, 9.17) is 0 Å². The Kier molecular flexibility index (Phi) is 18.4. The standard InChI is InChI=1S/C39H43N2.C32H35N2.C31H33N2/c1-37(2)20-22-41-23-21-38(3,4)32-25-28(24-31(37)36(32)41)16-19-34-39(5,26-27-12-8-7-9-13-27)35-30-15-11-10-14-29(30)17-18-33(35)40(34)6;1-4-5-18-32(2)29(33(3)28-16-15-24-10-6-7-13-27(24)30(28)32)17-14-23-21-25-11-8-19-34-20-9-12-26(22-23)31(25)34;1-4-17-31(2)28(32(3)27-15-14-23-9-5-6-12-26(23)29(27)31)16-13-22-20-24-10-7-18-33-19-8-11-25(21-22)30(24)33/h7-19,24-25H,20-23,26H2,1-6H3;4-7,10,13-17,21-22H,8-9,11-12,18-20H2,1-3H3;4-6,9,12-16,20-21H,1,7-8,10-11,17-19H2,2-3H3/q3*+1/b;5-4+;. The van der Waals surface area contributed by atoms with Gasteiger partial charge in [-0.25, -0.2) is 0 Å². The van der Waals surface area contributed by atoms with Crippen LogP contribution in [-0.2, 0) is 59.2 Å². The van der Waals surface area contributed by atoms with Crippen LogP contribution >= 0.6 is 0 Å². The quantitative estimate of drug-likeness (QED) is 0.0897. The number of hydrogen-bond acceptors (Lipinski definition) is 3. The smallest absolute Gasteiger partial charge is 0.210 e. The summed E-state index contributed by atoms with van der Waals surface area (Å²) in [5.41, 5.74) is 31.7. The predicted molar refractivity (Wildman–Crippen MR) is 462 cm³/mol. The Bertz CT molecular complexity index is 5420. The fourth-order valence-corrected chi connectivity index (χ4v) is 21.3. The maximum Gasteiger partial charge on any atom is 0.210 e. The first-order chi connectivity index (χ1) is 52.3. The third-order valence-electron chi connectivity index (χ3n) is 26.9. The van der Waals surface area contributed by atoms with E-state index in [2.05, 4.69) is 342 Å². The van der Waals surface area contributed by atoms with Gasteiger partial charge >= 0.3 is 0 Å². The Hall–Kier alpha value is -9.91. The molecule has 9 aliphatic rings. The molecule has 19 rings (SSSR count). The van der Waals surface area contributed by atoms with E-state index in [0.29, 0.717) is 0 Å². The number of nitrogens with zero attached hydrogens (tertiary/aromatic N) is 6. The number of aryl methyl sites for hydroxylation is 4. The first-order valence-corrected chi connectivity index (χ1v) is 40.7. The molecule has 0 radical (unpaired) electrons. The van der Waals surface area contributed by atoms with E-state index >= 15 is 0 Å². The summed E-state index contributed by atoms with van der Waals surface area (Å²) < 4.78 is 7.26. The van der Waals surface area contributed by atoms with Crippen molar-refractivity contribution in [2.24, 2.45) is 0 Å². The molecule has 0 saturated heterocycles. The van der Waals surface area contributed by atoms with E-state index in [1.807, 2.05) is 0 Å². The predicted octanol–water partition coefficient (Wildman–Crippen LogP) is 23.0. The lowest BCUT2D eigenvalue weighted by atomic mass is 9.69. The van der Waals surface area contributed by atoms with E-state index in [0.717, 1.165) is 19.3 Å². The number of anilines is 3. The zero-order chi connectivity index (χ0) is 74.4. The molecule has 6 nitrogen and oxygen atoms in total. The van der Waals surface area contributed by atoms with Gasteiger partial charge in [0, 0.05) is 109 Å². The summed E-state index contributed by atoms with van der Waals surface area (Å²) in [5.74, 6) is 0. The minimum absolute atomic E-state index is 0.0623. The van der Waals surface area contributed by atoms with Gasteiger partial charge in [-0.1, -0.05) is 149 Å². The van der Waals surface area contributed by atoms with E-state index < -0.39 is 0 Å². The van der Waals surface area contributed by atoms with Crippen molar-refractivity contribution in [2.45, 2.75) is 166 Å². The van der Waals surface area contributed by atoms with Gasteiger partial charge in [0.05, 0.1) is 16.2 Å². The van der Waals surface area contributed by atoms with Crippen LogP contribution in [0.5, 0.6) is 0 Å². The van der Waals surface area contributed by atoms with E-state index in [-0.39, 0.29) is 27.1 Å². The molecule has 0 bridgehead atoms. The molecule has 546 valence electrons. The first kappa shape index (κ1) is 71.0. The zero-order valence-electron chi connectivity index (χ0n) is 66.3. The SMILES string of the molecule is C/C=C/CC1(C)C(/C=C/c2cc3c4c(c2)CCCN4CCC3)=[N+](C)c2ccc3ccccc3c21.C=CCC1(C)C(/C=C/c2cc3c4c(c2)CCCN4CCC3)=[N+](C)c2ccc3ccccc3c21.C[N+]1=C(/C=C/c2cc3c4c(c2)C(C)(C)CCN4CCC3(C)C)C(C)(Cc2ccccc2)c2c1ccc1ccccc21. The van der Waals surface area contributed by atoms with Gasteiger partial charge in [0.25, 0.3) is 0 Å². The molecule has 0 saturated carbocycles. The summed E-state index contributed by atoms with van der Waals surface area (Å²) in [4.78, 5) is 7.90. The minimum Gasteiger partial charge on any atom is -0.371 e. The van der Waals surface area contributed by atoms with Crippen molar-refractivity contribution < 1.29 is 13.7 Å². The van der Waals surface area contributed by atoms with E-state index in [9.17, 15) is 0 Å². The Morgan fingerprint density at radius 2 is 0.731 bits per heavy atom. The van der Waals surface area contributed by atoms with Gasteiger partial charge in [-0.05, 0) is 283 Å². The molecule has 6 heteroatoms. The number of allylic oxidation sites excluding steroid dienone is 6. The van der Waals surface area contributed by atoms with Gasteiger partial charge in [-0.2, -0.15) is 13.7 Å². The van der Waals surface area contributed by atoms with Crippen LogP contribution in [0, 0.1) is 0 Å². The molecule has 10 aromatic rings. The van der Waals surface area contributed by atoms with Crippen molar-refractivity contribution in [3.05, 3.63) is 291 Å². The van der Waals surface area contributed by atoms with Gasteiger partial charge in [-0.3, -0.25) is 0 Å². The molecule has 9 aliphatic heterocycles. The van der Waals surface area contributed by atoms with Crippen LogP contribution in [-0.4, -0.2) is 91.3 Å². The monoisotopic (exact) mass is 1420 g/mol. The van der Waals surface area contributed by atoms with Crippen LogP contribution in [0.3, 0.4) is 0 Å². The molecule has 0 aliphatic carbocycles. The summed E-state index contributed by atoms with van der Waals surface area (Å²) in [5, 5.41) is 8.04. The second kappa shape index (κ2) is 28.0. The fraction of sp³-hybridized carbons (Fsp3) is 0.343. The first-order valence-electron chi connectivity index (χ1n) is 40.7. The lowest BCUT2D eigenvalue weighted by molar-refractivity contribution is -0.401. The highest BCUT2D eigenvalue weighted by atomic mass is 15.2. The minimum atomic E-state index is -0.152. The summed E-state index contributed by atoms with van der Waals surface area (Å²) in [6, 6.07) is 66.0. The van der Waals surface area contributed by atoms with Gasteiger partial charge in [0.2, 0.25) is 17.1 Å². The number of benzene rings is 10. The van der Waals surface area contributed by atoms with Crippen LogP contribution in [0.2, 0.25) is 0 Å². The molecule has 3 unspecified atom stereocenters. The van der Waals surface area contributed by atoms with Gasteiger partial charge < -0.3 is 14.7 Å². The van der Waals surface area contributed by atoms with Crippen LogP contribution in [0.15, 0.2) is 219 Å². The molecule has 0 aromatic heterocycles. The molecule has 0 fully saturated rings. The second-order valence-corrected chi connectivity index (χ2v) is 34.8. The summed E-state index contributed by atoms with van der Waals surface area (Å²) in [6.45, 7) is 30.5. The van der Waals surface area contributed by atoms with Gasteiger partial charge in [0.1, 0.15) is 21.1 Å². The van der Waals surface area contributed by atoms with Crippen molar-refractivity contribution in [1.82, 2.24) is 0 Å². The summed E-state index contributed by atoms with van der Waals surface area (Å²) in [6.07, 6.45) is 36.2. The van der Waals surface area contributed by atoms with E-state index in [1.54, 1.807) is 33.6 Å². The van der Waals surface area contributed by atoms with Crippen LogP contribution < -0.4 is 14.7 Å². The topological polar surface area (TPSA) is 18.8 Å². The molecule has 9 heterocycles. The van der Waals surface area contributed by atoms with Crippen molar-refractivity contribution in [1.29, 1.82) is 0 Å². The number of rotatable bonds is 12. The van der Waals surface area contributed by atoms with Crippen LogP contribution in [0.1, 0.15) is 179 Å². The summed E-state index contributed by atoms with van der Waals surface area (Å²) in [7, 11) is 6.71. The van der Waals surface area contributed by atoms with Gasteiger partial charge in [-0.15, -0.1) is 6.58 Å². The molecular formula is C102H111N6+3. The largest absolute Gasteiger partial charge is 0.371 e. The normalized spacial score (nSPS) is 21.9. The highest BCUT2D eigenvalue weighted by Crippen LogP contribution is 2.53. The average molecular weight is 1420 g/mol. The Balaban J connectivity index is 0.000000120. The Labute approximate surface area is 643 Å². The van der Waals surface area contributed by atoms with Gasteiger partial charge in [0.15, 0.2) is 17.1 Å². The molecule has 10 aromatic carbocycles. The second-order valence-electron chi connectivity index (χ2n) is 34.8. The Morgan fingerprint density at radius 1 is 0.380 bits per heavy atom. The molecule has 0 spiro atoms. The number of hydrogen-bond donors (Lipinski definition) is 0. The average Bonchev–Trinajstić information content (AvgIpc) is 1.67. The fourth-order valence-electron chi connectivity index (χ4n) is 21.3.